The topological polar surface area (TPSA) is 74.6 Å². The number of nitrogens with zero attached hydrogens (tertiary/aromatic N) is 2. The molecule has 0 unspecified atom stereocenters. The van der Waals surface area contributed by atoms with Crippen LogP contribution in [0, 0.1) is 0 Å². The number of hydroxylamine groups is 2. The van der Waals surface area contributed by atoms with E-state index in [0.717, 1.165) is 38.0 Å². The van der Waals surface area contributed by atoms with E-state index >= 15 is 0 Å². The average Bonchev–Trinajstić information content (AvgIpc) is 3.09. The van der Waals surface area contributed by atoms with Crippen molar-refractivity contribution < 1.29 is 24.5 Å². The predicted octanol–water partition coefficient (Wildman–Crippen LogP) is 3.87. The Bertz CT molecular complexity index is 648. The van der Waals surface area contributed by atoms with E-state index in [1.54, 1.807) is 7.05 Å². The van der Waals surface area contributed by atoms with Crippen LogP contribution in [0.5, 0.6) is 5.75 Å². The molecule has 0 aliphatic carbocycles. The van der Waals surface area contributed by atoms with E-state index in [2.05, 4.69) is 55.2 Å². The number of likely N-dealkylation sites (tertiary alicyclic amines) is 1. The minimum absolute atomic E-state index is 0.0119. The van der Waals surface area contributed by atoms with Gasteiger partial charge in [0.1, 0.15) is 16.0 Å². The van der Waals surface area contributed by atoms with Crippen molar-refractivity contribution in [3.63, 3.8) is 0 Å². The highest BCUT2D eigenvalue weighted by molar-refractivity contribution is 14.1. The normalized spacial score (nSPS) is 19.2. The number of hydrogen-bond acceptors (Lipinski definition) is 7. The van der Waals surface area contributed by atoms with Crippen molar-refractivity contribution in [1.29, 1.82) is 0 Å². The van der Waals surface area contributed by atoms with Gasteiger partial charge in [0.25, 0.3) is 0 Å². The van der Waals surface area contributed by atoms with Gasteiger partial charge in [-0.1, -0.05) is 12.1 Å². The monoisotopic (exact) mass is 550 g/mol. The fourth-order valence-corrected chi connectivity index (χ4v) is 3.96. The summed E-state index contributed by atoms with van der Waals surface area (Å²) in [5.41, 5.74) is 0.782. The van der Waals surface area contributed by atoms with Crippen LogP contribution in [0.3, 0.4) is 0 Å². The number of likely N-dealkylation sites (N-methyl/N-ethyl adjacent to an activating group) is 1. The molecular formula is C23H39IN2O5. The zero-order valence-corrected chi connectivity index (χ0v) is 21.7. The van der Waals surface area contributed by atoms with Crippen LogP contribution in [0.1, 0.15) is 52.1 Å². The summed E-state index contributed by atoms with van der Waals surface area (Å²) in [4.78, 5) is 2.35. The smallest absolute Gasteiger partial charge is 0.119 e. The van der Waals surface area contributed by atoms with Gasteiger partial charge in [-0.25, -0.2) is 0 Å². The van der Waals surface area contributed by atoms with Gasteiger partial charge in [0.2, 0.25) is 0 Å². The molecule has 0 bridgehead atoms. The summed E-state index contributed by atoms with van der Waals surface area (Å²) < 4.78 is 17.5. The first-order chi connectivity index (χ1) is 14.5. The Hall–Kier alpha value is -0.490. The Morgan fingerprint density at radius 2 is 1.87 bits per heavy atom. The molecule has 0 saturated carbocycles. The first-order valence-corrected chi connectivity index (χ1v) is 12.1. The van der Waals surface area contributed by atoms with Crippen molar-refractivity contribution in [3.05, 3.63) is 29.8 Å². The molecule has 1 aromatic rings. The molecule has 1 heterocycles. The molecule has 7 nitrogen and oxygen atoms in total. The molecule has 0 radical (unpaired) electrons. The predicted molar refractivity (Wildman–Crippen MR) is 130 cm³/mol. The van der Waals surface area contributed by atoms with Gasteiger partial charge in [-0.3, -0.25) is 4.90 Å². The van der Waals surface area contributed by atoms with Crippen molar-refractivity contribution in [2.75, 3.05) is 46.5 Å². The molecular weight excluding hydrogens is 511 g/mol. The second-order valence-corrected chi connectivity index (χ2v) is 11.8. The number of hydrogen-bond donors (Lipinski definition) is 2. The van der Waals surface area contributed by atoms with Crippen molar-refractivity contribution >= 4 is 22.6 Å². The van der Waals surface area contributed by atoms with Crippen LogP contribution in [0.4, 0.5) is 0 Å². The van der Waals surface area contributed by atoms with E-state index < -0.39 is 0 Å². The Morgan fingerprint density at radius 3 is 2.45 bits per heavy atom. The van der Waals surface area contributed by atoms with E-state index in [1.807, 2.05) is 24.3 Å². The maximum Gasteiger partial charge on any atom is 0.119 e. The Morgan fingerprint density at radius 1 is 1.19 bits per heavy atom. The van der Waals surface area contributed by atoms with Crippen LogP contribution in [0.25, 0.3) is 0 Å². The summed E-state index contributed by atoms with van der Waals surface area (Å²) >= 11 is 2.30. The van der Waals surface area contributed by atoms with Crippen molar-refractivity contribution in [3.8, 4) is 5.75 Å². The van der Waals surface area contributed by atoms with Crippen LogP contribution in [0.2, 0.25) is 0 Å². The Balaban J connectivity index is 1.86. The summed E-state index contributed by atoms with van der Waals surface area (Å²) in [5.74, 6) is 0.712. The second-order valence-electron chi connectivity index (χ2n) is 9.24. The van der Waals surface area contributed by atoms with Crippen molar-refractivity contribution in [1.82, 2.24) is 9.96 Å². The van der Waals surface area contributed by atoms with Gasteiger partial charge in [-0.2, -0.15) is 5.06 Å². The highest BCUT2D eigenvalue weighted by Gasteiger charge is 2.31. The van der Waals surface area contributed by atoms with Gasteiger partial charge in [0, 0.05) is 26.7 Å². The molecule has 1 aromatic carbocycles. The Labute approximate surface area is 200 Å². The fraction of sp³-hybridized carbons (Fsp3) is 0.739. The van der Waals surface area contributed by atoms with Crippen LogP contribution < -0.4 is 4.74 Å². The highest BCUT2D eigenvalue weighted by atomic mass is 127. The average molecular weight is 550 g/mol. The zero-order chi connectivity index (χ0) is 23.1. The first kappa shape index (κ1) is 26.8. The molecule has 1 aliphatic heterocycles. The summed E-state index contributed by atoms with van der Waals surface area (Å²) in [6.45, 7) is 11.8. The van der Waals surface area contributed by atoms with Gasteiger partial charge < -0.3 is 24.5 Å². The maximum absolute atomic E-state index is 10.2. The molecule has 1 fully saturated rings. The molecule has 0 spiro atoms. The van der Waals surface area contributed by atoms with Gasteiger partial charge >= 0.3 is 0 Å². The maximum atomic E-state index is 10.2. The standard InChI is InChI=1S/C23H39IN2O5/c1-22(2,11-14-30-23(3,4)24)31-20-10-12-26(16-20)17-21(25(5)28)18-6-8-19(9-7-18)29-15-13-27/h6-9,20-21,27-28H,10-17H2,1-5H3/t20-,21+/m0/s1. The lowest BCUT2D eigenvalue weighted by molar-refractivity contribution is -0.113. The third kappa shape index (κ3) is 9.89. The van der Waals surface area contributed by atoms with Crippen molar-refractivity contribution in [2.45, 2.75) is 61.9 Å². The number of aliphatic hydroxyl groups is 1. The number of alkyl halides is 1. The summed E-state index contributed by atoms with van der Waals surface area (Å²) in [6, 6.07) is 7.54. The summed E-state index contributed by atoms with van der Waals surface area (Å²) in [6.07, 6.45) is 2.02. The number of aliphatic hydroxyl groups excluding tert-OH is 1. The molecule has 178 valence electrons. The van der Waals surface area contributed by atoms with Crippen LogP contribution in [-0.4, -0.2) is 82.1 Å². The van der Waals surface area contributed by atoms with Gasteiger partial charge in [0.15, 0.2) is 0 Å². The summed E-state index contributed by atoms with van der Waals surface area (Å²) in [7, 11) is 1.68. The molecule has 2 rings (SSSR count). The third-order valence-corrected chi connectivity index (χ3v) is 5.68. The molecule has 1 saturated heterocycles. The molecule has 2 atom stereocenters. The number of rotatable bonds is 13. The largest absolute Gasteiger partial charge is 0.491 e. The third-order valence-electron chi connectivity index (χ3n) is 5.37. The minimum Gasteiger partial charge on any atom is -0.491 e. The van der Waals surface area contributed by atoms with Gasteiger partial charge in [-0.05, 0) is 80.8 Å². The number of ether oxygens (including phenoxy) is 3. The molecule has 8 heteroatoms. The molecule has 31 heavy (non-hydrogen) atoms. The second kappa shape index (κ2) is 12.1. The van der Waals surface area contributed by atoms with E-state index in [-0.39, 0.29) is 34.6 Å². The molecule has 2 N–H and O–H groups in total. The number of halogens is 1. The van der Waals surface area contributed by atoms with Crippen molar-refractivity contribution in [2.24, 2.45) is 0 Å². The molecule has 1 aliphatic rings. The SMILES string of the molecule is CN(O)[C@H](CN1CC[C@H](OC(C)(C)CCOC(C)(C)I)C1)c1ccc(OCCO)cc1. The van der Waals surface area contributed by atoms with E-state index in [9.17, 15) is 5.21 Å². The molecule has 0 amide bonds. The lowest BCUT2D eigenvalue weighted by atomic mass is 10.1. The van der Waals surface area contributed by atoms with Crippen LogP contribution in [0.15, 0.2) is 24.3 Å². The Kier molecular flexibility index (Phi) is 10.5. The minimum atomic E-state index is -0.236. The van der Waals surface area contributed by atoms with Crippen LogP contribution in [-0.2, 0) is 9.47 Å². The number of benzene rings is 1. The van der Waals surface area contributed by atoms with E-state index in [1.165, 1.54) is 5.06 Å². The van der Waals surface area contributed by atoms with Gasteiger partial charge in [-0.15, -0.1) is 0 Å². The first-order valence-electron chi connectivity index (χ1n) is 11.0. The van der Waals surface area contributed by atoms with Gasteiger partial charge in [0.05, 0.1) is 31.0 Å². The molecule has 0 aromatic heterocycles. The quantitative estimate of drug-likeness (QED) is 0.220. The summed E-state index contributed by atoms with van der Waals surface area (Å²) in [5, 5.41) is 20.4. The fourth-order valence-electron chi connectivity index (χ4n) is 3.74. The van der Waals surface area contributed by atoms with E-state index in [0.29, 0.717) is 12.4 Å². The zero-order valence-electron chi connectivity index (χ0n) is 19.5. The lowest BCUT2D eigenvalue weighted by Gasteiger charge is -2.31. The van der Waals surface area contributed by atoms with Crippen LogP contribution >= 0.6 is 22.6 Å². The van der Waals surface area contributed by atoms with E-state index in [4.69, 9.17) is 19.3 Å². The highest BCUT2D eigenvalue weighted by Crippen LogP contribution is 2.28. The lowest BCUT2D eigenvalue weighted by Crippen LogP contribution is -2.37.